The van der Waals surface area contributed by atoms with E-state index >= 15 is 0 Å². The molecule has 118 valence electrons. The molecule has 0 amide bonds. The van der Waals surface area contributed by atoms with Gasteiger partial charge in [0, 0.05) is 0 Å². The number of fused-ring (bicyclic) bond motifs is 2. The molecule has 2 nitrogen and oxygen atoms in total. The van der Waals surface area contributed by atoms with Gasteiger partial charge in [-0.2, -0.15) is 0 Å². The second kappa shape index (κ2) is 6.41. The molecular weight excluding hydrogens is 284 g/mol. The highest BCUT2D eigenvalue weighted by Gasteiger charge is 2.19. The van der Waals surface area contributed by atoms with Crippen molar-refractivity contribution in [3.63, 3.8) is 0 Å². The molecule has 0 aromatic heterocycles. The van der Waals surface area contributed by atoms with E-state index in [9.17, 15) is 9.90 Å². The summed E-state index contributed by atoms with van der Waals surface area (Å²) < 4.78 is 0. The van der Waals surface area contributed by atoms with Crippen LogP contribution < -0.4 is 0 Å². The molecule has 1 unspecified atom stereocenters. The highest BCUT2D eigenvalue weighted by molar-refractivity contribution is 6.04. The third-order valence-electron chi connectivity index (χ3n) is 4.64. The van der Waals surface area contributed by atoms with Crippen molar-refractivity contribution in [3.05, 3.63) is 59.7 Å². The molecule has 0 bridgehead atoms. The highest BCUT2D eigenvalue weighted by atomic mass is 16.4. The van der Waals surface area contributed by atoms with Gasteiger partial charge in [0.15, 0.2) is 0 Å². The minimum absolute atomic E-state index is 0.500. The fourth-order valence-corrected chi connectivity index (χ4v) is 3.36. The molecule has 0 radical (unpaired) electrons. The monoisotopic (exact) mass is 306 g/mol. The lowest BCUT2D eigenvalue weighted by Gasteiger charge is -2.17. The lowest BCUT2D eigenvalue weighted by molar-refractivity contribution is -0.138. The summed E-state index contributed by atoms with van der Waals surface area (Å²) in [5.74, 6) is -1.27. The number of carboxylic acid groups (broad SMARTS) is 1. The summed E-state index contributed by atoms with van der Waals surface area (Å²) in [4.78, 5) is 11.5. The minimum Gasteiger partial charge on any atom is -0.481 e. The second-order valence-corrected chi connectivity index (χ2v) is 6.19. The molecule has 0 aliphatic rings. The predicted molar refractivity (Wildman–Crippen MR) is 96.1 cm³/mol. The van der Waals surface area contributed by atoms with E-state index in [1.165, 1.54) is 16.3 Å². The summed E-state index contributed by atoms with van der Waals surface area (Å²) in [6.45, 7) is 3.96. The van der Waals surface area contributed by atoms with Gasteiger partial charge in [-0.05, 0) is 58.5 Å². The molecule has 0 spiro atoms. The number of hydrogen-bond donors (Lipinski definition) is 1. The van der Waals surface area contributed by atoms with E-state index < -0.39 is 11.9 Å². The van der Waals surface area contributed by atoms with E-state index in [0.29, 0.717) is 0 Å². The first kappa shape index (κ1) is 15.5. The summed E-state index contributed by atoms with van der Waals surface area (Å²) in [6.07, 6.45) is 3.22. The van der Waals surface area contributed by atoms with Crippen LogP contribution in [-0.2, 0) is 11.2 Å². The highest BCUT2D eigenvalue weighted by Crippen LogP contribution is 2.35. The zero-order chi connectivity index (χ0) is 16.4. The number of unbranched alkanes of at least 4 members (excludes halogenated alkanes) is 1. The van der Waals surface area contributed by atoms with Crippen LogP contribution in [0.15, 0.2) is 48.5 Å². The molecule has 2 heteroatoms. The Kier molecular flexibility index (Phi) is 4.33. The number of aliphatic carboxylic acids is 1. The van der Waals surface area contributed by atoms with Gasteiger partial charge in [0.1, 0.15) is 0 Å². The molecule has 0 saturated heterocycles. The maximum Gasteiger partial charge on any atom is 0.310 e. The molecular formula is C21H22O2. The topological polar surface area (TPSA) is 37.3 Å². The number of carbonyl (C=O) groups is 1. The van der Waals surface area contributed by atoms with Crippen molar-refractivity contribution >= 4 is 27.5 Å². The zero-order valence-corrected chi connectivity index (χ0v) is 13.7. The smallest absolute Gasteiger partial charge is 0.310 e. The average Bonchev–Trinajstić information content (AvgIpc) is 2.57. The van der Waals surface area contributed by atoms with Crippen LogP contribution in [0, 0.1) is 0 Å². The molecule has 3 aromatic carbocycles. The van der Waals surface area contributed by atoms with Crippen molar-refractivity contribution in [1.82, 2.24) is 0 Å². The van der Waals surface area contributed by atoms with Gasteiger partial charge in [-0.3, -0.25) is 4.79 Å². The largest absolute Gasteiger partial charge is 0.481 e. The fraction of sp³-hybridized carbons (Fsp3) is 0.286. The van der Waals surface area contributed by atoms with Gasteiger partial charge < -0.3 is 5.11 Å². The van der Waals surface area contributed by atoms with Crippen molar-refractivity contribution in [2.24, 2.45) is 0 Å². The molecule has 3 aromatic rings. The summed E-state index contributed by atoms with van der Waals surface area (Å²) in [5, 5.41) is 14.2. The Labute approximate surface area is 136 Å². The van der Waals surface area contributed by atoms with Crippen LogP contribution in [0.2, 0.25) is 0 Å². The van der Waals surface area contributed by atoms with Crippen molar-refractivity contribution in [1.29, 1.82) is 0 Å². The molecule has 3 rings (SSSR count). The third kappa shape index (κ3) is 2.81. The molecule has 0 aliphatic carbocycles. The number of benzene rings is 3. The van der Waals surface area contributed by atoms with Crippen LogP contribution >= 0.6 is 0 Å². The van der Waals surface area contributed by atoms with Crippen molar-refractivity contribution in [3.8, 4) is 0 Å². The van der Waals surface area contributed by atoms with Crippen LogP contribution in [0.5, 0.6) is 0 Å². The number of hydrogen-bond acceptors (Lipinski definition) is 1. The maximum atomic E-state index is 11.5. The maximum absolute atomic E-state index is 11.5. The van der Waals surface area contributed by atoms with E-state index in [1.807, 2.05) is 12.1 Å². The Morgan fingerprint density at radius 1 is 1.09 bits per heavy atom. The lowest BCUT2D eigenvalue weighted by Crippen LogP contribution is -2.08. The van der Waals surface area contributed by atoms with E-state index in [-0.39, 0.29) is 0 Å². The van der Waals surface area contributed by atoms with Gasteiger partial charge in [0.05, 0.1) is 5.92 Å². The van der Waals surface area contributed by atoms with Crippen molar-refractivity contribution < 1.29 is 9.90 Å². The van der Waals surface area contributed by atoms with E-state index in [2.05, 4.69) is 43.3 Å². The Bertz CT molecular complexity index is 864. The fourth-order valence-electron chi connectivity index (χ4n) is 3.36. The first-order valence-corrected chi connectivity index (χ1v) is 8.29. The Morgan fingerprint density at radius 2 is 1.83 bits per heavy atom. The van der Waals surface area contributed by atoms with Crippen LogP contribution in [0.3, 0.4) is 0 Å². The summed E-state index contributed by atoms with van der Waals surface area (Å²) in [6, 6.07) is 16.6. The zero-order valence-electron chi connectivity index (χ0n) is 13.7. The summed E-state index contributed by atoms with van der Waals surface area (Å²) in [5.41, 5.74) is 2.22. The van der Waals surface area contributed by atoms with E-state index in [0.717, 1.165) is 35.6 Å². The van der Waals surface area contributed by atoms with E-state index in [4.69, 9.17) is 0 Å². The summed E-state index contributed by atoms with van der Waals surface area (Å²) in [7, 11) is 0. The first-order chi connectivity index (χ1) is 11.1. The third-order valence-corrected chi connectivity index (χ3v) is 4.64. The minimum atomic E-state index is -0.771. The number of rotatable bonds is 5. The Morgan fingerprint density at radius 3 is 2.57 bits per heavy atom. The Balaban J connectivity index is 2.38. The Hall–Kier alpha value is -2.35. The van der Waals surface area contributed by atoms with Crippen LogP contribution in [-0.4, -0.2) is 11.1 Å². The van der Waals surface area contributed by atoms with Crippen LogP contribution in [0.25, 0.3) is 21.5 Å². The van der Waals surface area contributed by atoms with Gasteiger partial charge in [-0.25, -0.2) is 0 Å². The van der Waals surface area contributed by atoms with E-state index in [1.54, 1.807) is 6.92 Å². The lowest BCUT2D eigenvalue weighted by atomic mass is 9.87. The molecule has 0 fully saturated rings. The summed E-state index contributed by atoms with van der Waals surface area (Å²) >= 11 is 0. The molecule has 1 atom stereocenters. The van der Waals surface area contributed by atoms with Crippen LogP contribution in [0.1, 0.15) is 43.7 Å². The van der Waals surface area contributed by atoms with Gasteiger partial charge in [0.2, 0.25) is 0 Å². The normalized spacial score (nSPS) is 12.6. The van der Waals surface area contributed by atoms with Crippen LogP contribution in [0.4, 0.5) is 0 Å². The molecule has 0 saturated carbocycles. The van der Waals surface area contributed by atoms with Gasteiger partial charge in [-0.15, -0.1) is 0 Å². The average molecular weight is 306 g/mol. The molecule has 1 N–H and O–H groups in total. The quantitative estimate of drug-likeness (QED) is 0.630. The molecule has 0 heterocycles. The van der Waals surface area contributed by atoms with Gasteiger partial charge in [0.25, 0.3) is 0 Å². The SMILES string of the molecule is CCCCc1c2ccccc2cc2cccc(C(C)C(=O)O)c12. The van der Waals surface area contributed by atoms with Gasteiger partial charge >= 0.3 is 5.97 Å². The number of carboxylic acids is 1. The number of aryl methyl sites for hydroxylation is 1. The first-order valence-electron chi connectivity index (χ1n) is 8.29. The predicted octanol–water partition coefficient (Wildman–Crippen LogP) is 5.52. The molecule has 23 heavy (non-hydrogen) atoms. The van der Waals surface area contributed by atoms with Crippen molar-refractivity contribution in [2.75, 3.05) is 0 Å². The van der Waals surface area contributed by atoms with Gasteiger partial charge in [-0.1, -0.05) is 55.8 Å². The van der Waals surface area contributed by atoms with Crippen molar-refractivity contribution in [2.45, 2.75) is 39.0 Å². The standard InChI is InChI=1S/C21H22O2/c1-3-4-10-19-18-11-6-5-8-15(18)13-16-9-7-12-17(20(16)19)14(2)21(22)23/h5-9,11-14H,3-4,10H2,1-2H3,(H,22,23). The second-order valence-electron chi connectivity index (χ2n) is 6.19. The molecule has 0 aliphatic heterocycles.